The number of anilines is 1. The lowest BCUT2D eigenvalue weighted by molar-refractivity contribution is -0.115. The van der Waals surface area contributed by atoms with Crippen LogP contribution < -0.4 is 10.1 Å². The van der Waals surface area contributed by atoms with Gasteiger partial charge in [-0.1, -0.05) is 23.9 Å². The maximum Gasteiger partial charge on any atom is 0.237 e. The molecule has 8 heteroatoms. The number of aromatic nitrogens is 3. The molecule has 0 saturated carbocycles. The Hall–Kier alpha value is -3.13. The third-order valence-electron chi connectivity index (χ3n) is 4.37. The van der Waals surface area contributed by atoms with Gasteiger partial charge in [-0.15, -0.1) is 10.2 Å². The third-order valence-corrected chi connectivity index (χ3v) is 5.51. The molecule has 0 spiro atoms. The molecule has 0 radical (unpaired) electrons. The Morgan fingerprint density at radius 2 is 1.86 bits per heavy atom. The molecular weight excluding hydrogens is 388 g/mol. The van der Waals surface area contributed by atoms with Crippen LogP contribution in [-0.4, -0.2) is 38.8 Å². The molecule has 1 amide bonds. The number of carbonyl (C=O) groups is 2. The van der Waals surface area contributed by atoms with Gasteiger partial charge in [0.25, 0.3) is 0 Å². The van der Waals surface area contributed by atoms with Crippen LogP contribution in [0.5, 0.6) is 5.75 Å². The van der Waals surface area contributed by atoms with Crippen molar-refractivity contribution in [1.29, 1.82) is 0 Å². The van der Waals surface area contributed by atoms with Gasteiger partial charge in [-0.05, 0) is 50.2 Å². The highest BCUT2D eigenvalue weighted by Gasteiger charge is 2.20. The molecule has 29 heavy (non-hydrogen) atoms. The van der Waals surface area contributed by atoms with Gasteiger partial charge in [-0.25, -0.2) is 0 Å². The fourth-order valence-electron chi connectivity index (χ4n) is 2.68. The molecule has 3 aromatic rings. The van der Waals surface area contributed by atoms with E-state index < -0.39 is 5.25 Å². The Balaban J connectivity index is 1.69. The first kappa shape index (κ1) is 20.6. The molecule has 7 nitrogen and oxygen atoms in total. The summed E-state index contributed by atoms with van der Waals surface area (Å²) in [7, 11) is 3.48. The normalized spacial score (nSPS) is 11.7. The van der Waals surface area contributed by atoms with Crippen LogP contribution in [0, 0.1) is 0 Å². The summed E-state index contributed by atoms with van der Waals surface area (Å²) in [6.07, 6.45) is 0. The number of thioether (sulfide) groups is 1. The highest BCUT2D eigenvalue weighted by atomic mass is 32.2. The third kappa shape index (κ3) is 4.83. The van der Waals surface area contributed by atoms with Crippen LogP contribution in [0.4, 0.5) is 5.69 Å². The number of ketones is 1. The zero-order valence-corrected chi connectivity index (χ0v) is 17.5. The molecule has 0 saturated heterocycles. The van der Waals surface area contributed by atoms with Crippen molar-refractivity contribution < 1.29 is 14.3 Å². The summed E-state index contributed by atoms with van der Waals surface area (Å²) in [4.78, 5) is 24.1. The minimum Gasteiger partial charge on any atom is -0.497 e. The van der Waals surface area contributed by atoms with E-state index >= 15 is 0 Å². The quantitative estimate of drug-likeness (QED) is 0.471. The number of hydrogen-bond donors (Lipinski definition) is 1. The van der Waals surface area contributed by atoms with Crippen LogP contribution in [0.15, 0.2) is 53.7 Å². The van der Waals surface area contributed by atoms with Gasteiger partial charge in [0.2, 0.25) is 5.91 Å². The Morgan fingerprint density at radius 3 is 2.52 bits per heavy atom. The van der Waals surface area contributed by atoms with Crippen molar-refractivity contribution in [2.75, 3.05) is 12.4 Å². The van der Waals surface area contributed by atoms with Crippen LogP contribution in [-0.2, 0) is 11.8 Å². The van der Waals surface area contributed by atoms with Crippen molar-refractivity contribution in [2.45, 2.75) is 24.3 Å². The van der Waals surface area contributed by atoms with Crippen molar-refractivity contribution in [3.05, 3.63) is 54.1 Å². The van der Waals surface area contributed by atoms with Crippen molar-refractivity contribution in [2.24, 2.45) is 7.05 Å². The largest absolute Gasteiger partial charge is 0.497 e. The molecule has 3 rings (SSSR count). The van der Waals surface area contributed by atoms with Crippen LogP contribution in [0.3, 0.4) is 0 Å². The zero-order chi connectivity index (χ0) is 21.0. The lowest BCUT2D eigenvalue weighted by atomic mass is 10.1. The van der Waals surface area contributed by atoms with Crippen molar-refractivity contribution >= 4 is 29.1 Å². The molecule has 150 valence electrons. The van der Waals surface area contributed by atoms with E-state index in [0.717, 1.165) is 11.3 Å². The second-order valence-electron chi connectivity index (χ2n) is 6.48. The molecule has 1 aromatic heterocycles. The number of rotatable bonds is 7. The van der Waals surface area contributed by atoms with Crippen molar-refractivity contribution in [1.82, 2.24) is 14.8 Å². The summed E-state index contributed by atoms with van der Waals surface area (Å²) < 4.78 is 7.03. The number of nitrogens with one attached hydrogen (secondary N) is 1. The summed E-state index contributed by atoms with van der Waals surface area (Å²) in [5.41, 5.74) is 2.05. The van der Waals surface area contributed by atoms with E-state index in [-0.39, 0.29) is 11.7 Å². The number of amides is 1. The lowest BCUT2D eigenvalue weighted by Crippen LogP contribution is -2.23. The Labute approximate surface area is 173 Å². The summed E-state index contributed by atoms with van der Waals surface area (Å²) in [5.74, 6) is 1.25. The fourth-order valence-corrected chi connectivity index (χ4v) is 3.50. The first-order valence-electron chi connectivity index (χ1n) is 9.01. The van der Waals surface area contributed by atoms with Crippen LogP contribution in [0.25, 0.3) is 11.4 Å². The molecule has 1 heterocycles. The number of hydrogen-bond acceptors (Lipinski definition) is 6. The Kier molecular flexibility index (Phi) is 6.33. The second kappa shape index (κ2) is 8.91. The van der Waals surface area contributed by atoms with Gasteiger partial charge in [-0.2, -0.15) is 0 Å². The van der Waals surface area contributed by atoms with E-state index in [4.69, 9.17) is 4.74 Å². The first-order valence-corrected chi connectivity index (χ1v) is 9.89. The Bertz CT molecular complexity index is 1030. The van der Waals surface area contributed by atoms with Gasteiger partial charge in [0.1, 0.15) is 5.75 Å². The molecule has 0 aliphatic rings. The number of methoxy groups -OCH3 is 1. The van der Waals surface area contributed by atoms with E-state index in [1.807, 2.05) is 35.9 Å². The molecule has 0 fully saturated rings. The molecule has 0 bridgehead atoms. The molecule has 1 N–H and O–H groups in total. The van der Waals surface area contributed by atoms with Gasteiger partial charge >= 0.3 is 0 Å². The molecular formula is C21H22N4O3S. The standard InChI is InChI=1S/C21H22N4O3S/c1-13(26)16-6-5-7-17(12-16)22-20(27)14(2)29-21-24-23-19(25(21)3)15-8-10-18(28-4)11-9-15/h5-12,14H,1-4H3,(H,22,27)/t14-/m0/s1. The highest BCUT2D eigenvalue weighted by Crippen LogP contribution is 2.27. The predicted molar refractivity (Wildman–Crippen MR) is 113 cm³/mol. The summed E-state index contributed by atoms with van der Waals surface area (Å²) >= 11 is 1.32. The van der Waals surface area contributed by atoms with Gasteiger partial charge in [0.05, 0.1) is 12.4 Å². The van der Waals surface area contributed by atoms with Gasteiger partial charge in [-0.3, -0.25) is 9.59 Å². The summed E-state index contributed by atoms with van der Waals surface area (Å²) in [5, 5.41) is 11.6. The maximum atomic E-state index is 12.6. The minimum absolute atomic E-state index is 0.0475. The molecule has 2 aromatic carbocycles. The summed E-state index contributed by atoms with van der Waals surface area (Å²) in [6, 6.07) is 14.4. The van der Waals surface area contributed by atoms with Gasteiger partial charge in [0.15, 0.2) is 16.8 Å². The van der Waals surface area contributed by atoms with Crippen LogP contribution in [0.2, 0.25) is 0 Å². The number of ether oxygens (including phenoxy) is 1. The molecule has 0 aliphatic carbocycles. The molecule has 1 atom stereocenters. The second-order valence-corrected chi connectivity index (χ2v) is 7.79. The molecule has 0 aliphatic heterocycles. The SMILES string of the molecule is COc1ccc(-c2nnc(S[C@@H](C)C(=O)Nc3cccc(C(C)=O)c3)n2C)cc1. The smallest absolute Gasteiger partial charge is 0.237 e. The minimum atomic E-state index is -0.400. The van der Waals surface area contributed by atoms with Gasteiger partial charge < -0.3 is 14.6 Å². The van der Waals surface area contributed by atoms with E-state index in [0.29, 0.717) is 22.2 Å². The maximum absolute atomic E-state index is 12.6. The average Bonchev–Trinajstić information content (AvgIpc) is 3.08. The van der Waals surface area contributed by atoms with Gasteiger partial charge in [0, 0.05) is 23.9 Å². The zero-order valence-electron chi connectivity index (χ0n) is 16.7. The van der Waals surface area contributed by atoms with Crippen LogP contribution in [0.1, 0.15) is 24.2 Å². The van der Waals surface area contributed by atoms with E-state index in [1.54, 1.807) is 38.3 Å². The lowest BCUT2D eigenvalue weighted by Gasteiger charge is -2.12. The molecule has 0 unspecified atom stereocenters. The van der Waals surface area contributed by atoms with E-state index in [9.17, 15) is 9.59 Å². The van der Waals surface area contributed by atoms with Crippen molar-refractivity contribution in [3.63, 3.8) is 0 Å². The average molecular weight is 410 g/mol. The van der Waals surface area contributed by atoms with Crippen LogP contribution >= 0.6 is 11.8 Å². The van der Waals surface area contributed by atoms with Crippen molar-refractivity contribution in [3.8, 4) is 17.1 Å². The topological polar surface area (TPSA) is 86.1 Å². The number of nitrogens with zero attached hydrogens (tertiary/aromatic N) is 3. The Morgan fingerprint density at radius 1 is 1.14 bits per heavy atom. The summed E-state index contributed by atoms with van der Waals surface area (Å²) in [6.45, 7) is 3.30. The number of benzene rings is 2. The monoisotopic (exact) mass is 410 g/mol. The number of carbonyl (C=O) groups excluding carboxylic acids is 2. The number of Topliss-reactive ketones (excluding diaryl/α,β-unsaturated/α-hetero) is 1. The van der Waals surface area contributed by atoms with E-state index in [1.165, 1.54) is 18.7 Å². The fraction of sp³-hybridized carbons (Fsp3) is 0.238. The highest BCUT2D eigenvalue weighted by molar-refractivity contribution is 8.00. The first-order chi connectivity index (χ1) is 13.9. The van der Waals surface area contributed by atoms with E-state index in [2.05, 4.69) is 15.5 Å². The predicted octanol–water partition coefficient (Wildman–Crippen LogP) is 3.81.